The van der Waals surface area contributed by atoms with Crippen molar-refractivity contribution in [2.45, 2.75) is 37.6 Å². The van der Waals surface area contributed by atoms with Crippen LogP contribution in [0.5, 0.6) is 0 Å². The normalized spacial score (nSPS) is 17.1. The van der Waals surface area contributed by atoms with Crippen LogP contribution in [0.2, 0.25) is 0 Å². The van der Waals surface area contributed by atoms with E-state index in [2.05, 4.69) is 27.3 Å². The molecule has 0 aliphatic heterocycles. The average molecular weight is 307 g/mol. The van der Waals surface area contributed by atoms with Crippen LogP contribution >= 0.6 is 15.9 Å². The first-order valence-corrected chi connectivity index (χ1v) is 6.90. The molecule has 1 aromatic rings. The fourth-order valence-corrected chi connectivity index (χ4v) is 2.83. The molecule has 0 bridgehead atoms. The Kier molecular flexibility index (Phi) is 4.03. The smallest absolute Gasteiger partial charge is 0.225 e. The standard InChI is InChI=1S/C14H15BrN2O/c15-12-5-3-4-11(8-12)9-13(18)17-14(10-16)6-1-2-7-14/h3-5,8H,1-2,6-7,9H2,(H,17,18). The van der Waals surface area contributed by atoms with Gasteiger partial charge in [-0.15, -0.1) is 0 Å². The molecule has 1 N–H and O–H groups in total. The van der Waals surface area contributed by atoms with Gasteiger partial charge in [-0.2, -0.15) is 5.26 Å². The number of halogens is 1. The second kappa shape index (κ2) is 5.53. The Morgan fingerprint density at radius 3 is 2.78 bits per heavy atom. The van der Waals surface area contributed by atoms with Crippen molar-refractivity contribution in [2.75, 3.05) is 0 Å². The zero-order chi connectivity index (χ0) is 13.0. The Morgan fingerprint density at radius 1 is 1.44 bits per heavy atom. The third-order valence-electron chi connectivity index (χ3n) is 3.30. The number of carbonyl (C=O) groups excluding carboxylic acids is 1. The summed E-state index contributed by atoms with van der Waals surface area (Å²) in [6.07, 6.45) is 3.90. The van der Waals surface area contributed by atoms with E-state index in [0.29, 0.717) is 6.42 Å². The Balaban J connectivity index is 1.99. The molecule has 1 saturated carbocycles. The number of hydrogen-bond acceptors (Lipinski definition) is 2. The van der Waals surface area contributed by atoms with Crippen molar-refractivity contribution in [3.63, 3.8) is 0 Å². The lowest BCUT2D eigenvalue weighted by molar-refractivity contribution is -0.121. The van der Waals surface area contributed by atoms with Gasteiger partial charge in [-0.3, -0.25) is 4.79 Å². The highest BCUT2D eigenvalue weighted by atomic mass is 79.9. The summed E-state index contributed by atoms with van der Waals surface area (Å²) < 4.78 is 0.962. The predicted molar refractivity (Wildman–Crippen MR) is 72.8 cm³/mol. The Labute approximate surface area is 115 Å². The first kappa shape index (κ1) is 13.1. The number of hydrogen-bond donors (Lipinski definition) is 1. The number of nitriles is 1. The maximum Gasteiger partial charge on any atom is 0.225 e. The number of nitrogens with one attached hydrogen (secondary N) is 1. The SMILES string of the molecule is N#CC1(NC(=O)Cc2cccc(Br)c2)CCCC1. The molecule has 18 heavy (non-hydrogen) atoms. The maximum absolute atomic E-state index is 12.0. The van der Waals surface area contributed by atoms with Crippen molar-refractivity contribution in [3.05, 3.63) is 34.3 Å². The van der Waals surface area contributed by atoms with Crippen LogP contribution in [0.3, 0.4) is 0 Å². The van der Waals surface area contributed by atoms with Crippen LogP contribution in [-0.4, -0.2) is 11.4 Å². The first-order valence-electron chi connectivity index (χ1n) is 6.10. The highest BCUT2D eigenvalue weighted by molar-refractivity contribution is 9.10. The fourth-order valence-electron chi connectivity index (χ4n) is 2.39. The zero-order valence-corrected chi connectivity index (χ0v) is 11.7. The van der Waals surface area contributed by atoms with Crippen LogP contribution in [0.1, 0.15) is 31.2 Å². The van der Waals surface area contributed by atoms with Crippen LogP contribution in [0.15, 0.2) is 28.7 Å². The van der Waals surface area contributed by atoms with E-state index in [1.54, 1.807) is 0 Å². The fraction of sp³-hybridized carbons (Fsp3) is 0.429. The van der Waals surface area contributed by atoms with Gasteiger partial charge >= 0.3 is 0 Å². The second-order valence-electron chi connectivity index (χ2n) is 4.76. The summed E-state index contributed by atoms with van der Waals surface area (Å²) in [5.74, 6) is -0.0726. The van der Waals surface area contributed by atoms with Crippen molar-refractivity contribution >= 4 is 21.8 Å². The van der Waals surface area contributed by atoms with Gasteiger partial charge in [0.25, 0.3) is 0 Å². The lowest BCUT2D eigenvalue weighted by atomic mass is 9.99. The molecule has 0 spiro atoms. The lowest BCUT2D eigenvalue weighted by Crippen LogP contribution is -2.45. The first-order chi connectivity index (χ1) is 8.63. The molecule has 0 unspecified atom stereocenters. The van der Waals surface area contributed by atoms with Crippen molar-refractivity contribution in [3.8, 4) is 6.07 Å². The van der Waals surface area contributed by atoms with Gasteiger partial charge < -0.3 is 5.32 Å². The molecule has 1 amide bonds. The highest BCUT2D eigenvalue weighted by Crippen LogP contribution is 2.28. The van der Waals surface area contributed by atoms with Crippen LogP contribution in [0.4, 0.5) is 0 Å². The number of amides is 1. The summed E-state index contributed by atoms with van der Waals surface area (Å²) in [7, 11) is 0. The molecular formula is C14H15BrN2O. The molecule has 1 aromatic carbocycles. The van der Waals surface area contributed by atoms with Gasteiger partial charge in [-0.1, -0.05) is 28.1 Å². The Hall–Kier alpha value is -1.34. The molecule has 0 radical (unpaired) electrons. The van der Waals surface area contributed by atoms with E-state index in [-0.39, 0.29) is 5.91 Å². The molecule has 1 fully saturated rings. The van der Waals surface area contributed by atoms with Gasteiger partial charge in [0, 0.05) is 4.47 Å². The van der Waals surface area contributed by atoms with E-state index in [9.17, 15) is 10.1 Å². The molecule has 4 heteroatoms. The minimum absolute atomic E-state index is 0.0726. The molecule has 1 aliphatic rings. The van der Waals surface area contributed by atoms with Gasteiger partial charge in [0.2, 0.25) is 5.91 Å². The van der Waals surface area contributed by atoms with E-state index in [1.165, 1.54) is 0 Å². The summed E-state index contributed by atoms with van der Waals surface area (Å²) in [4.78, 5) is 12.0. The molecule has 94 valence electrons. The lowest BCUT2D eigenvalue weighted by Gasteiger charge is -2.21. The second-order valence-corrected chi connectivity index (χ2v) is 5.67. The molecule has 0 aromatic heterocycles. The van der Waals surface area contributed by atoms with Crippen molar-refractivity contribution < 1.29 is 4.79 Å². The molecular weight excluding hydrogens is 292 g/mol. The van der Waals surface area contributed by atoms with Gasteiger partial charge in [0.05, 0.1) is 12.5 Å². The van der Waals surface area contributed by atoms with Crippen LogP contribution in [0.25, 0.3) is 0 Å². The molecule has 0 heterocycles. The summed E-state index contributed by atoms with van der Waals surface area (Å²) >= 11 is 3.38. The maximum atomic E-state index is 12.0. The molecule has 0 saturated heterocycles. The highest BCUT2D eigenvalue weighted by Gasteiger charge is 2.35. The largest absolute Gasteiger partial charge is 0.338 e. The number of nitrogens with zero attached hydrogens (tertiary/aromatic N) is 1. The molecule has 0 atom stereocenters. The quantitative estimate of drug-likeness (QED) is 0.933. The third kappa shape index (κ3) is 3.11. The van der Waals surface area contributed by atoms with E-state index in [0.717, 1.165) is 35.7 Å². The summed E-state index contributed by atoms with van der Waals surface area (Å²) in [6.45, 7) is 0. The summed E-state index contributed by atoms with van der Waals surface area (Å²) in [5, 5.41) is 12.1. The number of carbonyl (C=O) groups is 1. The zero-order valence-electron chi connectivity index (χ0n) is 10.1. The van der Waals surface area contributed by atoms with Crippen LogP contribution < -0.4 is 5.32 Å². The van der Waals surface area contributed by atoms with E-state index in [4.69, 9.17) is 0 Å². The van der Waals surface area contributed by atoms with E-state index >= 15 is 0 Å². The van der Waals surface area contributed by atoms with E-state index < -0.39 is 5.54 Å². The number of benzene rings is 1. The van der Waals surface area contributed by atoms with Crippen molar-refractivity contribution in [1.29, 1.82) is 5.26 Å². The minimum Gasteiger partial charge on any atom is -0.338 e. The van der Waals surface area contributed by atoms with Gasteiger partial charge in [0.1, 0.15) is 5.54 Å². The Bertz CT molecular complexity index is 487. The third-order valence-corrected chi connectivity index (χ3v) is 3.80. The minimum atomic E-state index is -0.622. The molecule has 2 rings (SSSR count). The molecule has 3 nitrogen and oxygen atoms in total. The monoisotopic (exact) mass is 306 g/mol. The van der Waals surface area contributed by atoms with Gasteiger partial charge in [0.15, 0.2) is 0 Å². The van der Waals surface area contributed by atoms with E-state index in [1.807, 2.05) is 24.3 Å². The molecule has 1 aliphatic carbocycles. The van der Waals surface area contributed by atoms with Crippen LogP contribution in [0, 0.1) is 11.3 Å². The summed E-state index contributed by atoms with van der Waals surface area (Å²) in [6, 6.07) is 9.93. The van der Waals surface area contributed by atoms with Crippen molar-refractivity contribution in [1.82, 2.24) is 5.32 Å². The van der Waals surface area contributed by atoms with Crippen molar-refractivity contribution in [2.24, 2.45) is 0 Å². The van der Waals surface area contributed by atoms with Gasteiger partial charge in [-0.25, -0.2) is 0 Å². The van der Waals surface area contributed by atoms with Gasteiger partial charge in [-0.05, 0) is 43.4 Å². The predicted octanol–water partition coefficient (Wildman–Crippen LogP) is 2.94. The Morgan fingerprint density at radius 2 is 2.17 bits per heavy atom. The average Bonchev–Trinajstić information content (AvgIpc) is 2.78. The van der Waals surface area contributed by atoms with Crippen LogP contribution in [-0.2, 0) is 11.2 Å². The number of rotatable bonds is 3. The topological polar surface area (TPSA) is 52.9 Å². The summed E-state index contributed by atoms with van der Waals surface area (Å²) in [5.41, 5.74) is 0.330.